The second-order valence-electron chi connectivity index (χ2n) is 4.86. The molecule has 0 saturated carbocycles. The number of Topliss-reactive ketones (excluding diaryl/α,β-unsaturated/α-hetero) is 1. The third kappa shape index (κ3) is 3.98. The molecule has 2 rings (SSSR count). The van der Waals surface area contributed by atoms with Crippen LogP contribution in [0.4, 0.5) is 4.39 Å². The summed E-state index contributed by atoms with van der Waals surface area (Å²) in [4.78, 5) is 25.7. The Balaban J connectivity index is 1.95. The Hall–Kier alpha value is -2.01. The molecule has 0 bridgehead atoms. The van der Waals surface area contributed by atoms with Crippen LogP contribution in [-0.4, -0.2) is 30.2 Å². The second-order valence-corrected chi connectivity index (χ2v) is 5.77. The Morgan fingerprint density at radius 1 is 1.24 bits per heavy atom. The fourth-order valence-electron chi connectivity index (χ4n) is 1.90. The van der Waals surface area contributed by atoms with Gasteiger partial charge in [-0.15, -0.1) is 11.3 Å². The van der Waals surface area contributed by atoms with Gasteiger partial charge in [-0.05, 0) is 37.1 Å². The average molecular weight is 305 g/mol. The molecule has 5 heteroatoms. The number of thiophene rings is 1. The summed E-state index contributed by atoms with van der Waals surface area (Å²) in [5.74, 6) is -0.410. The van der Waals surface area contributed by atoms with Crippen LogP contribution in [0.15, 0.2) is 35.7 Å². The lowest BCUT2D eigenvalue weighted by atomic mass is 10.1. The molecule has 0 saturated heterocycles. The van der Waals surface area contributed by atoms with Gasteiger partial charge in [0, 0.05) is 19.0 Å². The van der Waals surface area contributed by atoms with Gasteiger partial charge in [0.25, 0.3) is 5.91 Å². The standard InChI is InChI=1S/C16H16FNO2S/c1-11(19)15-9-13(10-21-15)16(20)18(2)8-7-12-3-5-14(17)6-4-12/h3-6,9-10H,7-8H2,1-2H3. The predicted molar refractivity (Wildman–Crippen MR) is 81.4 cm³/mol. The van der Waals surface area contributed by atoms with Crippen molar-refractivity contribution in [1.29, 1.82) is 0 Å². The number of amides is 1. The molecular weight excluding hydrogens is 289 g/mol. The first-order valence-corrected chi connectivity index (χ1v) is 7.44. The van der Waals surface area contributed by atoms with Crippen molar-refractivity contribution in [1.82, 2.24) is 4.90 Å². The zero-order valence-corrected chi connectivity index (χ0v) is 12.7. The highest BCUT2D eigenvalue weighted by atomic mass is 32.1. The monoisotopic (exact) mass is 305 g/mol. The summed E-state index contributed by atoms with van der Waals surface area (Å²) in [5, 5.41) is 1.70. The molecule has 1 amide bonds. The topological polar surface area (TPSA) is 37.4 Å². The van der Waals surface area contributed by atoms with E-state index in [9.17, 15) is 14.0 Å². The SMILES string of the molecule is CC(=O)c1cc(C(=O)N(C)CCc2ccc(F)cc2)cs1. The number of carbonyl (C=O) groups is 2. The van der Waals surface area contributed by atoms with E-state index in [2.05, 4.69) is 0 Å². The van der Waals surface area contributed by atoms with E-state index < -0.39 is 0 Å². The van der Waals surface area contributed by atoms with Crippen LogP contribution in [0, 0.1) is 5.82 Å². The van der Waals surface area contributed by atoms with E-state index >= 15 is 0 Å². The zero-order valence-electron chi connectivity index (χ0n) is 11.9. The van der Waals surface area contributed by atoms with Gasteiger partial charge in [0.1, 0.15) is 5.82 Å². The molecule has 0 aliphatic rings. The number of likely N-dealkylation sites (N-methyl/N-ethyl adjacent to an activating group) is 1. The third-order valence-corrected chi connectivity index (χ3v) is 4.22. The van der Waals surface area contributed by atoms with Gasteiger partial charge in [0.15, 0.2) is 5.78 Å². The summed E-state index contributed by atoms with van der Waals surface area (Å²) >= 11 is 1.28. The van der Waals surface area contributed by atoms with Crippen molar-refractivity contribution in [2.75, 3.05) is 13.6 Å². The number of hydrogen-bond acceptors (Lipinski definition) is 3. The van der Waals surface area contributed by atoms with Crippen LogP contribution in [-0.2, 0) is 6.42 Å². The normalized spacial score (nSPS) is 10.4. The molecule has 0 aliphatic heterocycles. The van der Waals surface area contributed by atoms with E-state index in [-0.39, 0.29) is 17.5 Å². The first-order valence-electron chi connectivity index (χ1n) is 6.57. The Labute approximate surface area is 127 Å². The van der Waals surface area contributed by atoms with Crippen molar-refractivity contribution in [3.8, 4) is 0 Å². The summed E-state index contributed by atoms with van der Waals surface area (Å²) < 4.78 is 12.8. The van der Waals surface area contributed by atoms with Crippen LogP contribution in [0.1, 0.15) is 32.5 Å². The van der Waals surface area contributed by atoms with Gasteiger partial charge in [0.05, 0.1) is 10.4 Å². The van der Waals surface area contributed by atoms with Gasteiger partial charge in [0.2, 0.25) is 0 Å². The molecule has 2 aromatic rings. The molecule has 0 aliphatic carbocycles. The largest absolute Gasteiger partial charge is 0.341 e. The van der Waals surface area contributed by atoms with Gasteiger partial charge in [-0.1, -0.05) is 12.1 Å². The molecule has 110 valence electrons. The number of nitrogens with zero attached hydrogens (tertiary/aromatic N) is 1. The maximum Gasteiger partial charge on any atom is 0.254 e. The van der Waals surface area contributed by atoms with E-state index in [1.165, 1.54) is 30.4 Å². The van der Waals surface area contributed by atoms with Gasteiger partial charge < -0.3 is 4.90 Å². The first-order chi connectivity index (χ1) is 9.97. The number of halogens is 1. The molecule has 0 N–H and O–H groups in total. The second kappa shape index (κ2) is 6.63. The van der Waals surface area contributed by atoms with Crippen LogP contribution >= 0.6 is 11.3 Å². The van der Waals surface area contributed by atoms with Gasteiger partial charge in [-0.3, -0.25) is 9.59 Å². The highest BCUT2D eigenvalue weighted by Gasteiger charge is 2.15. The summed E-state index contributed by atoms with van der Waals surface area (Å²) in [6, 6.07) is 7.88. The minimum absolute atomic E-state index is 0.0342. The molecule has 0 fully saturated rings. The van der Waals surface area contributed by atoms with Crippen molar-refractivity contribution in [3.05, 3.63) is 57.5 Å². The highest BCUT2D eigenvalue weighted by molar-refractivity contribution is 7.12. The molecule has 1 heterocycles. The highest BCUT2D eigenvalue weighted by Crippen LogP contribution is 2.17. The van der Waals surface area contributed by atoms with E-state index in [4.69, 9.17) is 0 Å². The Morgan fingerprint density at radius 3 is 2.48 bits per heavy atom. The van der Waals surface area contributed by atoms with Crippen LogP contribution < -0.4 is 0 Å². The van der Waals surface area contributed by atoms with Crippen molar-refractivity contribution in [3.63, 3.8) is 0 Å². The van der Waals surface area contributed by atoms with E-state index in [1.807, 2.05) is 0 Å². The van der Waals surface area contributed by atoms with Crippen molar-refractivity contribution >= 4 is 23.0 Å². The molecule has 3 nitrogen and oxygen atoms in total. The predicted octanol–water partition coefficient (Wildman–Crippen LogP) is 3.40. The van der Waals surface area contributed by atoms with Gasteiger partial charge in [-0.25, -0.2) is 4.39 Å². The molecule has 0 spiro atoms. The molecule has 0 radical (unpaired) electrons. The van der Waals surface area contributed by atoms with Crippen molar-refractivity contribution in [2.45, 2.75) is 13.3 Å². The Bertz CT molecular complexity index is 649. The lowest BCUT2D eigenvalue weighted by molar-refractivity contribution is 0.0797. The van der Waals surface area contributed by atoms with Crippen molar-refractivity contribution in [2.24, 2.45) is 0 Å². The first kappa shape index (κ1) is 15.4. The number of hydrogen-bond donors (Lipinski definition) is 0. The fourth-order valence-corrected chi connectivity index (χ4v) is 2.69. The zero-order chi connectivity index (χ0) is 15.4. The number of ketones is 1. The lowest BCUT2D eigenvalue weighted by Crippen LogP contribution is -2.28. The maximum absolute atomic E-state index is 12.8. The molecule has 1 aromatic heterocycles. The van der Waals surface area contributed by atoms with Gasteiger partial charge in [-0.2, -0.15) is 0 Å². The Morgan fingerprint density at radius 2 is 1.90 bits per heavy atom. The van der Waals surface area contributed by atoms with Crippen LogP contribution in [0.5, 0.6) is 0 Å². The number of rotatable bonds is 5. The summed E-state index contributed by atoms with van der Waals surface area (Å²) in [7, 11) is 1.72. The van der Waals surface area contributed by atoms with Crippen LogP contribution in [0.25, 0.3) is 0 Å². The minimum atomic E-state index is -0.266. The molecule has 1 aromatic carbocycles. The Kier molecular flexibility index (Phi) is 4.85. The third-order valence-electron chi connectivity index (χ3n) is 3.19. The maximum atomic E-state index is 12.8. The summed E-state index contributed by atoms with van der Waals surface area (Å²) in [5.41, 5.74) is 1.51. The van der Waals surface area contributed by atoms with E-state index in [0.29, 0.717) is 23.4 Å². The fraction of sp³-hybridized carbons (Fsp3) is 0.250. The molecule has 21 heavy (non-hydrogen) atoms. The van der Waals surface area contributed by atoms with Crippen molar-refractivity contribution < 1.29 is 14.0 Å². The van der Waals surface area contributed by atoms with E-state index in [1.54, 1.807) is 35.5 Å². The molecule has 0 atom stereocenters. The van der Waals surface area contributed by atoms with E-state index in [0.717, 1.165) is 5.56 Å². The minimum Gasteiger partial charge on any atom is -0.341 e. The molecular formula is C16H16FNO2S. The van der Waals surface area contributed by atoms with Gasteiger partial charge >= 0.3 is 0 Å². The van der Waals surface area contributed by atoms with Crippen LogP contribution in [0.2, 0.25) is 0 Å². The number of benzene rings is 1. The molecule has 0 unspecified atom stereocenters. The number of carbonyl (C=O) groups excluding carboxylic acids is 2. The lowest BCUT2D eigenvalue weighted by Gasteiger charge is -2.16. The smallest absolute Gasteiger partial charge is 0.254 e. The average Bonchev–Trinajstić information content (AvgIpc) is 2.95. The summed E-state index contributed by atoms with van der Waals surface area (Å²) in [6.45, 7) is 2.02. The summed E-state index contributed by atoms with van der Waals surface area (Å²) in [6.07, 6.45) is 0.659. The quantitative estimate of drug-likeness (QED) is 0.794. The van der Waals surface area contributed by atoms with Crippen LogP contribution in [0.3, 0.4) is 0 Å².